The zero-order chi connectivity index (χ0) is 10.7. The van der Waals surface area contributed by atoms with Gasteiger partial charge in [0.05, 0.1) is 12.6 Å². The Morgan fingerprint density at radius 1 is 1.27 bits per heavy atom. The second kappa shape index (κ2) is 3.96. The number of benzene rings is 1. The fourth-order valence-electron chi connectivity index (χ4n) is 1.29. The molecule has 4 heteroatoms. The molecule has 0 aliphatic carbocycles. The van der Waals surface area contributed by atoms with Gasteiger partial charge in [0.15, 0.2) is 0 Å². The van der Waals surface area contributed by atoms with E-state index in [1.54, 1.807) is 6.07 Å². The van der Waals surface area contributed by atoms with Gasteiger partial charge in [0, 0.05) is 5.39 Å². The molecule has 1 N–H and O–H groups in total. The first-order valence-electron chi connectivity index (χ1n) is 4.50. The van der Waals surface area contributed by atoms with Crippen molar-refractivity contribution in [2.75, 3.05) is 12.4 Å². The molecule has 0 unspecified atom stereocenters. The molecule has 4 nitrogen and oxygen atoms in total. The fraction of sp³-hybridized carbons (Fsp3) is 0.0909. The number of ether oxygens (including phenoxy) is 1. The van der Waals surface area contributed by atoms with Crippen LogP contribution in [0.15, 0.2) is 36.4 Å². The number of anilines is 1. The van der Waals surface area contributed by atoms with Crippen molar-refractivity contribution in [3.05, 3.63) is 36.4 Å². The lowest BCUT2D eigenvalue weighted by Gasteiger charge is -2.03. The van der Waals surface area contributed by atoms with E-state index < -0.39 is 6.09 Å². The third-order valence-corrected chi connectivity index (χ3v) is 2.01. The van der Waals surface area contributed by atoms with E-state index in [0.29, 0.717) is 5.82 Å². The number of para-hydroxylation sites is 1. The number of methoxy groups -OCH3 is 1. The molecule has 1 aromatic carbocycles. The average molecular weight is 202 g/mol. The number of nitrogens with one attached hydrogen (secondary N) is 1. The van der Waals surface area contributed by atoms with Crippen molar-refractivity contribution in [3.8, 4) is 0 Å². The summed E-state index contributed by atoms with van der Waals surface area (Å²) in [6.07, 6.45) is -0.516. The van der Waals surface area contributed by atoms with Crippen LogP contribution in [0.2, 0.25) is 0 Å². The fourth-order valence-corrected chi connectivity index (χ4v) is 1.29. The minimum atomic E-state index is -0.516. The van der Waals surface area contributed by atoms with E-state index in [1.165, 1.54) is 7.11 Å². The van der Waals surface area contributed by atoms with Crippen molar-refractivity contribution < 1.29 is 9.53 Å². The largest absolute Gasteiger partial charge is 0.453 e. The molecular formula is C11H10N2O2. The third-order valence-electron chi connectivity index (χ3n) is 2.01. The van der Waals surface area contributed by atoms with Crippen LogP contribution in [0, 0.1) is 0 Å². The van der Waals surface area contributed by atoms with Crippen molar-refractivity contribution in [2.45, 2.75) is 0 Å². The van der Waals surface area contributed by atoms with Crippen LogP contribution < -0.4 is 5.32 Å². The Kier molecular flexibility index (Phi) is 2.49. The van der Waals surface area contributed by atoms with Crippen LogP contribution >= 0.6 is 0 Å². The highest BCUT2D eigenvalue weighted by Gasteiger charge is 2.02. The molecule has 0 radical (unpaired) electrons. The average Bonchev–Trinajstić information content (AvgIpc) is 2.29. The number of amides is 1. The van der Waals surface area contributed by atoms with Crippen molar-refractivity contribution in [1.82, 2.24) is 4.98 Å². The Hall–Kier alpha value is -2.10. The number of aromatic nitrogens is 1. The summed E-state index contributed by atoms with van der Waals surface area (Å²) in [7, 11) is 1.32. The summed E-state index contributed by atoms with van der Waals surface area (Å²) in [5.74, 6) is 0.487. The molecule has 0 aliphatic rings. The molecule has 0 saturated carbocycles. The summed E-state index contributed by atoms with van der Waals surface area (Å²) in [4.78, 5) is 15.2. The molecule has 15 heavy (non-hydrogen) atoms. The number of pyridine rings is 1. The van der Waals surface area contributed by atoms with Gasteiger partial charge in [0.1, 0.15) is 5.82 Å². The van der Waals surface area contributed by atoms with E-state index >= 15 is 0 Å². The first-order chi connectivity index (χ1) is 7.29. The highest BCUT2D eigenvalue weighted by Crippen LogP contribution is 2.14. The zero-order valence-electron chi connectivity index (χ0n) is 8.23. The highest BCUT2D eigenvalue weighted by molar-refractivity contribution is 5.86. The highest BCUT2D eigenvalue weighted by atomic mass is 16.5. The van der Waals surface area contributed by atoms with Crippen LogP contribution in [0.1, 0.15) is 0 Å². The number of fused-ring (bicyclic) bond motifs is 1. The number of nitrogens with zero attached hydrogens (tertiary/aromatic N) is 1. The standard InChI is InChI=1S/C11H10N2O2/c1-15-11(14)13-10-7-6-8-4-2-3-5-9(8)12-10/h2-7H,1H3,(H,12,13,14). The smallest absolute Gasteiger partial charge is 0.412 e. The molecule has 0 saturated heterocycles. The normalized spacial score (nSPS) is 9.93. The Balaban J connectivity index is 2.34. The number of hydrogen-bond acceptors (Lipinski definition) is 3. The molecule has 2 aromatic rings. The summed E-state index contributed by atoms with van der Waals surface area (Å²) < 4.78 is 4.48. The maximum absolute atomic E-state index is 10.9. The summed E-state index contributed by atoms with van der Waals surface area (Å²) in [5.41, 5.74) is 0.839. The molecule has 1 heterocycles. The first kappa shape index (κ1) is 9.45. The van der Waals surface area contributed by atoms with E-state index in [4.69, 9.17) is 0 Å². The lowest BCUT2D eigenvalue weighted by Crippen LogP contribution is -2.11. The molecule has 76 valence electrons. The molecule has 0 bridgehead atoms. The van der Waals surface area contributed by atoms with Gasteiger partial charge in [-0.2, -0.15) is 0 Å². The van der Waals surface area contributed by atoms with Crippen molar-refractivity contribution >= 4 is 22.8 Å². The Morgan fingerprint density at radius 3 is 2.87 bits per heavy atom. The van der Waals surface area contributed by atoms with Gasteiger partial charge in [0.25, 0.3) is 0 Å². The van der Waals surface area contributed by atoms with E-state index in [1.807, 2.05) is 30.3 Å². The number of carbonyl (C=O) groups excluding carboxylic acids is 1. The summed E-state index contributed by atoms with van der Waals surface area (Å²) in [5, 5.41) is 3.55. The first-order valence-corrected chi connectivity index (χ1v) is 4.50. The molecule has 0 atom stereocenters. The quantitative estimate of drug-likeness (QED) is 0.772. The molecule has 0 fully saturated rings. The molecular weight excluding hydrogens is 192 g/mol. The van der Waals surface area contributed by atoms with E-state index in [0.717, 1.165) is 10.9 Å². The molecule has 1 amide bonds. The SMILES string of the molecule is COC(=O)Nc1ccc2ccccc2n1. The van der Waals surface area contributed by atoms with Gasteiger partial charge in [-0.15, -0.1) is 0 Å². The second-order valence-electron chi connectivity index (χ2n) is 3.01. The third kappa shape index (κ3) is 2.04. The number of hydrogen-bond donors (Lipinski definition) is 1. The lowest BCUT2D eigenvalue weighted by molar-refractivity contribution is 0.187. The van der Waals surface area contributed by atoms with Crippen LogP contribution in [-0.4, -0.2) is 18.2 Å². The number of carbonyl (C=O) groups is 1. The second-order valence-corrected chi connectivity index (χ2v) is 3.01. The van der Waals surface area contributed by atoms with Crippen LogP contribution in [0.4, 0.5) is 10.6 Å². The predicted molar refractivity (Wildman–Crippen MR) is 57.8 cm³/mol. The number of rotatable bonds is 1. The van der Waals surface area contributed by atoms with E-state index in [-0.39, 0.29) is 0 Å². The van der Waals surface area contributed by atoms with Crippen LogP contribution in [0.25, 0.3) is 10.9 Å². The van der Waals surface area contributed by atoms with Crippen molar-refractivity contribution in [2.24, 2.45) is 0 Å². The molecule has 2 rings (SSSR count). The maximum atomic E-state index is 10.9. The summed E-state index contributed by atoms with van der Waals surface area (Å²) in [6.45, 7) is 0. The van der Waals surface area contributed by atoms with Crippen LogP contribution in [0.3, 0.4) is 0 Å². The van der Waals surface area contributed by atoms with Gasteiger partial charge in [-0.05, 0) is 18.2 Å². The van der Waals surface area contributed by atoms with Gasteiger partial charge in [0.2, 0.25) is 0 Å². The van der Waals surface area contributed by atoms with Gasteiger partial charge in [-0.1, -0.05) is 18.2 Å². The maximum Gasteiger partial charge on any atom is 0.412 e. The van der Waals surface area contributed by atoms with Gasteiger partial charge in [-0.25, -0.2) is 9.78 Å². The zero-order valence-corrected chi connectivity index (χ0v) is 8.23. The Labute approximate surface area is 86.9 Å². The lowest BCUT2D eigenvalue weighted by atomic mass is 10.2. The van der Waals surface area contributed by atoms with Gasteiger partial charge in [-0.3, -0.25) is 5.32 Å². The van der Waals surface area contributed by atoms with Crippen molar-refractivity contribution in [1.29, 1.82) is 0 Å². The minimum absolute atomic E-state index is 0.487. The topological polar surface area (TPSA) is 51.2 Å². The van der Waals surface area contributed by atoms with Gasteiger partial charge >= 0.3 is 6.09 Å². The van der Waals surface area contributed by atoms with E-state index in [2.05, 4.69) is 15.0 Å². The molecule has 1 aromatic heterocycles. The summed E-state index contributed by atoms with van der Waals surface area (Å²) >= 11 is 0. The monoisotopic (exact) mass is 202 g/mol. The Bertz CT molecular complexity index is 497. The summed E-state index contributed by atoms with van der Waals surface area (Å²) in [6, 6.07) is 11.3. The molecule has 0 aliphatic heterocycles. The van der Waals surface area contributed by atoms with Crippen LogP contribution in [0.5, 0.6) is 0 Å². The van der Waals surface area contributed by atoms with Crippen molar-refractivity contribution in [3.63, 3.8) is 0 Å². The Morgan fingerprint density at radius 2 is 2.07 bits per heavy atom. The van der Waals surface area contributed by atoms with Gasteiger partial charge < -0.3 is 4.74 Å². The minimum Gasteiger partial charge on any atom is -0.453 e. The van der Waals surface area contributed by atoms with E-state index in [9.17, 15) is 4.79 Å². The van der Waals surface area contributed by atoms with Crippen LogP contribution in [-0.2, 0) is 4.74 Å². The predicted octanol–water partition coefficient (Wildman–Crippen LogP) is 2.41. The molecule has 0 spiro atoms.